The maximum absolute atomic E-state index is 12.8. The van der Waals surface area contributed by atoms with Crippen molar-refractivity contribution >= 4 is 17.5 Å². The Labute approximate surface area is 104 Å². The van der Waals surface area contributed by atoms with E-state index in [-0.39, 0.29) is 12.0 Å². The van der Waals surface area contributed by atoms with E-state index in [1.165, 1.54) is 13.0 Å². The molecule has 0 heterocycles. The summed E-state index contributed by atoms with van der Waals surface area (Å²) in [5.74, 6) is -0.602. The van der Waals surface area contributed by atoms with E-state index < -0.39 is 39.9 Å². The second kappa shape index (κ2) is 5.69. The van der Waals surface area contributed by atoms with Crippen LogP contribution in [0.3, 0.4) is 0 Å². The minimum absolute atomic E-state index is 0.0418. The van der Waals surface area contributed by atoms with Gasteiger partial charge in [0.25, 0.3) is 6.43 Å². The lowest BCUT2D eigenvalue weighted by Gasteiger charge is -2.13. The van der Waals surface area contributed by atoms with Crippen LogP contribution in [0.25, 0.3) is 0 Å². The van der Waals surface area contributed by atoms with Crippen LogP contribution in [0, 0.1) is 0 Å². The van der Waals surface area contributed by atoms with Crippen LogP contribution in [0.5, 0.6) is 0 Å². The molecule has 7 heteroatoms. The van der Waals surface area contributed by atoms with Gasteiger partial charge in [0.15, 0.2) is 5.78 Å². The molecule has 1 aromatic carbocycles. The lowest BCUT2D eigenvalue weighted by molar-refractivity contribution is -0.0329. The Balaban J connectivity index is 3.30. The van der Waals surface area contributed by atoms with Gasteiger partial charge in [0.05, 0.1) is 0 Å². The number of rotatable bonds is 4. The zero-order valence-corrected chi connectivity index (χ0v) is 10.0. The molecule has 0 aromatic heterocycles. The average Bonchev–Trinajstić information content (AvgIpc) is 2.25. The molecule has 18 heavy (non-hydrogen) atoms. The first kappa shape index (κ1) is 14.9. The molecular formula is C11H9F5OS. The van der Waals surface area contributed by atoms with Crippen molar-refractivity contribution in [3.8, 4) is 0 Å². The Morgan fingerprint density at radius 3 is 2.39 bits per heavy atom. The fourth-order valence-electron chi connectivity index (χ4n) is 1.42. The van der Waals surface area contributed by atoms with Gasteiger partial charge < -0.3 is 0 Å². The van der Waals surface area contributed by atoms with E-state index in [4.69, 9.17) is 0 Å². The van der Waals surface area contributed by atoms with Crippen LogP contribution in [0.15, 0.2) is 23.1 Å². The highest BCUT2D eigenvalue weighted by molar-refractivity contribution is 8.00. The standard InChI is InChI=1S/C11H9F5OS/c1-2-7(17)6-4-3-5-8(9(6)10(12)13)18-11(14,15)16/h3-5,10H,2H2,1H3. The Hall–Kier alpha value is -1.11. The van der Waals surface area contributed by atoms with E-state index in [1.807, 2.05) is 0 Å². The van der Waals surface area contributed by atoms with Gasteiger partial charge in [-0.25, -0.2) is 8.78 Å². The summed E-state index contributed by atoms with van der Waals surface area (Å²) < 4.78 is 62.4. The summed E-state index contributed by atoms with van der Waals surface area (Å²) in [6, 6.07) is 3.22. The monoisotopic (exact) mass is 284 g/mol. The summed E-state index contributed by atoms with van der Waals surface area (Å²) in [4.78, 5) is 10.8. The average molecular weight is 284 g/mol. The van der Waals surface area contributed by atoms with Crippen LogP contribution in [-0.4, -0.2) is 11.3 Å². The SMILES string of the molecule is CCC(=O)c1cccc(SC(F)(F)F)c1C(F)F. The number of hydrogen-bond donors (Lipinski definition) is 0. The Morgan fingerprint density at radius 2 is 1.94 bits per heavy atom. The minimum Gasteiger partial charge on any atom is -0.294 e. The van der Waals surface area contributed by atoms with E-state index in [9.17, 15) is 26.7 Å². The van der Waals surface area contributed by atoms with Crippen molar-refractivity contribution in [3.05, 3.63) is 29.3 Å². The highest BCUT2D eigenvalue weighted by Crippen LogP contribution is 2.42. The van der Waals surface area contributed by atoms with Gasteiger partial charge in [0.1, 0.15) is 0 Å². The summed E-state index contributed by atoms with van der Waals surface area (Å²) >= 11 is -0.634. The molecule has 0 N–H and O–H groups in total. The minimum atomic E-state index is -4.67. The summed E-state index contributed by atoms with van der Waals surface area (Å²) in [5, 5.41) is 0. The van der Waals surface area contributed by atoms with Gasteiger partial charge in [-0.3, -0.25) is 4.79 Å². The van der Waals surface area contributed by atoms with Crippen LogP contribution in [0.2, 0.25) is 0 Å². The molecule has 100 valence electrons. The van der Waals surface area contributed by atoms with E-state index in [0.29, 0.717) is 0 Å². The number of alkyl halides is 5. The van der Waals surface area contributed by atoms with Crippen molar-refractivity contribution in [2.24, 2.45) is 0 Å². The molecule has 0 saturated carbocycles. The maximum Gasteiger partial charge on any atom is 0.446 e. The quantitative estimate of drug-likeness (QED) is 0.447. The number of hydrogen-bond acceptors (Lipinski definition) is 2. The third-order valence-corrected chi connectivity index (χ3v) is 2.94. The third-order valence-electron chi connectivity index (χ3n) is 2.13. The first-order valence-corrected chi connectivity index (χ1v) is 5.78. The van der Waals surface area contributed by atoms with Crippen LogP contribution in [-0.2, 0) is 0 Å². The molecular weight excluding hydrogens is 275 g/mol. The van der Waals surface area contributed by atoms with Gasteiger partial charge in [-0.05, 0) is 17.8 Å². The zero-order valence-electron chi connectivity index (χ0n) is 9.22. The Bertz CT molecular complexity index is 442. The molecule has 0 fully saturated rings. The van der Waals surface area contributed by atoms with Gasteiger partial charge in [0.2, 0.25) is 0 Å². The molecule has 1 aromatic rings. The second-order valence-corrected chi connectivity index (χ2v) is 4.45. The number of Topliss-reactive ketones (excluding diaryl/α,β-unsaturated/α-hetero) is 1. The molecule has 0 spiro atoms. The smallest absolute Gasteiger partial charge is 0.294 e. The fraction of sp³-hybridized carbons (Fsp3) is 0.364. The summed E-state index contributed by atoms with van der Waals surface area (Å²) in [6.07, 6.45) is -3.17. The maximum atomic E-state index is 12.8. The van der Waals surface area contributed by atoms with Gasteiger partial charge in [-0.1, -0.05) is 19.1 Å². The predicted molar refractivity (Wildman–Crippen MR) is 57.9 cm³/mol. The molecule has 0 radical (unpaired) electrons. The van der Waals surface area contributed by atoms with Crippen LogP contribution < -0.4 is 0 Å². The third kappa shape index (κ3) is 3.69. The van der Waals surface area contributed by atoms with Crippen LogP contribution >= 0.6 is 11.8 Å². The van der Waals surface area contributed by atoms with E-state index in [0.717, 1.165) is 12.1 Å². The molecule has 0 saturated heterocycles. The molecule has 1 nitrogen and oxygen atoms in total. The molecule has 0 aliphatic rings. The number of benzene rings is 1. The normalized spacial score (nSPS) is 11.9. The number of carbonyl (C=O) groups is 1. The summed E-state index contributed by atoms with van der Waals surface area (Å²) in [6.45, 7) is 1.46. The van der Waals surface area contributed by atoms with Gasteiger partial charge in [0, 0.05) is 22.4 Å². The highest BCUT2D eigenvalue weighted by atomic mass is 32.2. The number of thioether (sulfide) groups is 1. The van der Waals surface area contributed by atoms with Gasteiger partial charge >= 0.3 is 5.51 Å². The molecule has 0 atom stereocenters. The topological polar surface area (TPSA) is 17.1 Å². The Morgan fingerprint density at radius 1 is 1.33 bits per heavy atom. The second-order valence-electron chi connectivity index (χ2n) is 3.34. The van der Waals surface area contributed by atoms with Crippen molar-refractivity contribution in [1.82, 2.24) is 0 Å². The van der Waals surface area contributed by atoms with Crippen molar-refractivity contribution < 1.29 is 26.7 Å². The number of ketones is 1. The summed E-state index contributed by atoms with van der Waals surface area (Å²) in [5.41, 5.74) is -5.86. The van der Waals surface area contributed by atoms with Crippen LogP contribution in [0.4, 0.5) is 22.0 Å². The first-order valence-electron chi connectivity index (χ1n) is 4.96. The number of halogens is 5. The van der Waals surface area contributed by atoms with Crippen molar-refractivity contribution in [2.75, 3.05) is 0 Å². The van der Waals surface area contributed by atoms with Gasteiger partial charge in [-0.2, -0.15) is 13.2 Å². The zero-order chi connectivity index (χ0) is 13.9. The number of carbonyl (C=O) groups excluding carboxylic acids is 1. The van der Waals surface area contributed by atoms with E-state index in [1.54, 1.807) is 0 Å². The van der Waals surface area contributed by atoms with Crippen LogP contribution in [0.1, 0.15) is 35.7 Å². The first-order chi connectivity index (χ1) is 8.26. The molecule has 0 aliphatic heterocycles. The van der Waals surface area contributed by atoms with E-state index >= 15 is 0 Å². The molecule has 0 unspecified atom stereocenters. The largest absolute Gasteiger partial charge is 0.446 e. The predicted octanol–water partition coefficient (Wildman–Crippen LogP) is 4.83. The lowest BCUT2D eigenvalue weighted by atomic mass is 10.0. The highest BCUT2D eigenvalue weighted by Gasteiger charge is 2.33. The van der Waals surface area contributed by atoms with Gasteiger partial charge in [-0.15, -0.1) is 0 Å². The van der Waals surface area contributed by atoms with Crippen molar-refractivity contribution in [3.63, 3.8) is 0 Å². The lowest BCUT2D eigenvalue weighted by Crippen LogP contribution is -2.07. The molecule has 0 bridgehead atoms. The van der Waals surface area contributed by atoms with E-state index in [2.05, 4.69) is 0 Å². The van der Waals surface area contributed by atoms with Crippen molar-refractivity contribution in [2.45, 2.75) is 30.2 Å². The molecule has 1 rings (SSSR count). The fourth-order valence-corrected chi connectivity index (χ4v) is 2.12. The molecule has 0 amide bonds. The van der Waals surface area contributed by atoms with Crippen molar-refractivity contribution in [1.29, 1.82) is 0 Å². The summed E-state index contributed by atoms with van der Waals surface area (Å²) in [7, 11) is 0. The Kier molecular flexibility index (Phi) is 4.72. The molecule has 0 aliphatic carbocycles.